The molecule has 82 valence electrons. The lowest BCUT2D eigenvalue weighted by atomic mass is 10.2. The maximum absolute atomic E-state index is 4.26. The first-order valence-corrected chi connectivity index (χ1v) is 5.96. The van der Waals surface area contributed by atoms with Gasteiger partial charge in [-0.2, -0.15) is 0 Å². The normalized spacial score (nSPS) is 20.5. The number of nitrogens with zero attached hydrogens (tertiary/aromatic N) is 3. The van der Waals surface area contributed by atoms with E-state index in [1.807, 2.05) is 0 Å². The first-order chi connectivity index (χ1) is 7.27. The fourth-order valence-electron chi connectivity index (χ4n) is 1.92. The van der Waals surface area contributed by atoms with Crippen LogP contribution < -0.4 is 10.2 Å². The minimum Gasteiger partial charge on any atom is -0.357 e. The topological polar surface area (TPSA) is 41.0 Å². The van der Waals surface area contributed by atoms with Crippen molar-refractivity contribution in [2.75, 3.05) is 25.0 Å². The van der Waals surface area contributed by atoms with Gasteiger partial charge >= 0.3 is 0 Å². The summed E-state index contributed by atoms with van der Waals surface area (Å²) in [7, 11) is 2.06. The van der Waals surface area contributed by atoms with E-state index in [2.05, 4.69) is 43.2 Å². The van der Waals surface area contributed by atoms with Gasteiger partial charge in [0.2, 0.25) is 0 Å². The quantitative estimate of drug-likeness (QED) is 0.903. The molecule has 1 saturated heterocycles. The molecule has 2 heterocycles. The second-order valence-electron chi connectivity index (χ2n) is 3.87. The van der Waals surface area contributed by atoms with Crippen LogP contribution in [0.15, 0.2) is 17.0 Å². The van der Waals surface area contributed by atoms with E-state index >= 15 is 0 Å². The van der Waals surface area contributed by atoms with Gasteiger partial charge in [0.1, 0.15) is 12.1 Å². The van der Waals surface area contributed by atoms with Crippen LogP contribution in [0.3, 0.4) is 0 Å². The lowest BCUT2D eigenvalue weighted by Gasteiger charge is -2.22. The van der Waals surface area contributed by atoms with E-state index in [4.69, 9.17) is 0 Å². The van der Waals surface area contributed by atoms with Gasteiger partial charge in [-0.05, 0) is 35.3 Å². The Labute approximate surface area is 98.2 Å². The van der Waals surface area contributed by atoms with Crippen LogP contribution in [-0.4, -0.2) is 36.1 Å². The van der Waals surface area contributed by atoms with Gasteiger partial charge < -0.3 is 10.2 Å². The Balaban J connectivity index is 2.00. The molecule has 0 amide bonds. The summed E-state index contributed by atoms with van der Waals surface area (Å²) in [5.41, 5.74) is 0. The zero-order chi connectivity index (χ0) is 10.7. The highest BCUT2D eigenvalue weighted by Gasteiger charge is 2.17. The molecule has 1 aliphatic rings. The van der Waals surface area contributed by atoms with Crippen LogP contribution in [0.2, 0.25) is 0 Å². The molecule has 15 heavy (non-hydrogen) atoms. The van der Waals surface area contributed by atoms with Crippen LogP contribution in [-0.2, 0) is 0 Å². The third kappa shape index (κ3) is 2.66. The Morgan fingerprint density at radius 2 is 2.53 bits per heavy atom. The van der Waals surface area contributed by atoms with E-state index in [9.17, 15) is 0 Å². The van der Waals surface area contributed by atoms with Crippen LogP contribution in [0, 0.1) is 0 Å². The smallest absolute Gasteiger partial charge is 0.146 e. The number of hydrogen-bond acceptors (Lipinski definition) is 4. The minimum atomic E-state index is 0.594. The van der Waals surface area contributed by atoms with Crippen molar-refractivity contribution in [2.45, 2.75) is 18.9 Å². The molecule has 0 bridgehead atoms. The Bertz CT molecular complexity index is 325. The summed E-state index contributed by atoms with van der Waals surface area (Å²) in [6, 6.07) is 0.594. The van der Waals surface area contributed by atoms with E-state index in [1.165, 1.54) is 12.8 Å². The van der Waals surface area contributed by atoms with Crippen molar-refractivity contribution >= 4 is 21.7 Å². The van der Waals surface area contributed by atoms with E-state index in [0.717, 1.165) is 23.4 Å². The molecule has 0 spiro atoms. The third-order valence-electron chi connectivity index (χ3n) is 2.67. The largest absolute Gasteiger partial charge is 0.357 e. The molecule has 0 radical (unpaired) electrons. The van der Waals surface area contributed by atoms with Crippen molar-refractivity contribution < 1.29 is 0 Å². The second kappa shape index (κ2) is 4.90. The van der Waals surface area contributed by atoms with Gasteiger partial charge in [0.15, 0.2) is 0 Å². The summed E-state index contributed by atoms with van der Waals surface area (Å²) < 4.78 is 0.950. The Kier molecular flexibility index (Phi) is 3.53. The molecule has 0 aromatic carbocycles. The summed E-state index contributed by atoms with van der Waals surface area (Å²) >= 11 is 3.46. The summed E-state index contributed by atoms with van der Waals surface area (Å²) in [5, 5.41) is 3.48. The Morgan fingerprint density at radius 3 is 3.20 bits per heavy atom. The van der Waals surface area contributed by atoms with Gasteiger partial charge in [0.25, 0.3) is 0 Å². The highest BCUT2D eigenvalue weighted by atomic mass is 79.9. The molecule has 1 atom stereocenters. The Morgan fingerprint density at radius 1 is 1.67 bits per heavy atom. The standard InChI is InChI=1S/C10H15BrN4/c1-15(6-8-3-2-4-13-8)10-9(11)5-12-7-14-10/h5,7-8,13H,2-4,6H2,1H3. The first-order valence-electron chi connectivity index (χ1n) is 5.17. The lowest BCUT2D eigenvalue weighted by molar-refractivity contribution is 0.596. The number of anilines is 1. The Hall–Kier alpha value is -0.680. The summed E-state index contributed by atoms with van der Waals surface area (Å²) in [6.45, 7) is 2.14. The number of rotatable bonds is 3. The van der Waals surface area contributed by atoms with Gasteiger partial charge in [-0.1, -0.05) is 0 Å². The van der Waals surface area contributed by atoms with E-state index in [0.29, 0.717) is 6.04 Å². The number of nitrogens with one attached hydrogen (secondary N) is 1. The highest BCUT2D eigenvalue weighted by Crippen LogP contribution is 2.21. The molecule has 4 nitrogen and oxygen atoms in total. The first kappa shape index (κ1) is 10.8. The number of likely N-dealkylation sites (N-methyl/N-ethyl adjacent to an activating group) is 1. The molecule has 1 N–H and O–H groups in total. The average molecular weight is 271 g/mol. The minimum absolute atomic E-state index is 0.594. The average Bonchev–Trinajstić information content (AvgIpc) is 2.71. The van der Waals surface area contributed by atoms with Gasteiger partial charge in [-0.3, -0.25) is 0 Å². The van der Waals surface area contributed by atoms with E-state index in [-0.39, 0.29) is 0 Å². The fourth-order valence-corrected chi connectivity index (χ4v) is 2.44. The molecule has 1 fully saturated rings. The van der Waals surface area contributed by atoms with Crippen LogP contribution in [0.1, 0.15) is 12.8 Å². The lowest BCUT2D eigenvalue weighted by Crippen LogP contribution is -2.35. The van der Waals surface area contributed by atoms with Crippen molar-refractivity contribution in [3.8, 4) is 0 Å². The molecule has 1 unspecified atom stereocenters. The third-order valence-corrected chi connectivity index (χ3v) is 3.23. The van der Waals surface area contributed by atoms with Crippen molar-refractivity contribution in [1.29, 1.82) is 0 Å². The predicted molar refractivity (Wildman–Crippen MR) is 64.0 cm³/mol. The van der Waals surface area contributed by atoms with Crippen molar-refractivity contribution in [3.63, 3.8) is 0 Å². The SMILES string of the molecule is CN(CC1CCCN1)c1ncncc1Br. The van der Waals surface area contributed by atoms with Crippen LogP contribution in [0.4, 0.5) is 5.82 Å². The molecule has 1 aliphatic heterocycles. The van der Waals surface area contributed by atoms with Crippen LogP contribution >= 0.6 is 15.9 Å². The van der Waals surface area contributed by atoms with Gasteiger partial charge in [0, 0.05) is 25.8 Å². The van der Waals surface area contributed by atoms with Crippen molar-refractivity contribution in [3.05, 3.63) is 17.0 Å². The number of halogens is 1. The number of aromatic nitrogens is 2. The monoisotopic (exact) mass is 270 g/mol. The van der Waals surface area contributed by atoms with Crippen LogP contribution in [0.5, 0.6) is 0 Å². The fraction of sp³-hybridized carbons (Fsp3) is 0.600. The van der Waals surface area contributed by atoms with Crippen molar-refractivity contribution in [1.82, 2.24) is 15.3 Å². The zero-order valence-corrected chi connectivity index (χ0v) is 10.4. The molecule has 1 aromatic rings. The molecule has 1 aromatic heterocycles. The molecule has 0 saturated carbocycles. The maximum Gasteiger partial charge on any atom is 0.146 e. The molecular weight excluding hydrogens is 256 g/mol. The van der Waals surface area contributed by atoms with Gasteiger partial charge in [0.05, 0.1) is 4.47 Å². The maximum atomic E-state index is 4.26. The number of hydrogen-bond donors (Lipinski definition) is 1. The molecule has 0 aliphatic carbocycles. The molecule has 2 rings (SSSR count). The van der Waals surface area contributed by atoms with E-state index < -0.39 is 0 Å². The second-order valence-corrected chi connectivity index (χ2v) is 4.72. The van der Waals surface area contributed by atoms with Gasteiger partial charge in [-0.15, -0.1) is 0 Å². The van der Waals surface area contributed by atoms with Crippen LogP contribution in [0.25, 0.3) is 0 Å². The summed E-state index contributed by atoms with van der Waals surface area (Å²) in [6.07, 6.45) is 5.90. The summed E-state index contributed by atoms with van der Waals surface area (Å²) in [5.74, 6) is 0.957. The molecule has 5 heteroatoms. The zero-order valence-electron chi connectivity index (χ0n) is 8.78. The van der Waals surface area contributed by atoms with E-state index in [1.54, 1.807) is 12.5 Å². The van der Waals surface area contributed by atoms with Crippen molar-refractivity contribution in [2.24, 2.45) is 0 Å². The molecular formula is C10H15BrN4. The summed E-state index contributed by atoms with van der Waals surface area (Å²) in [4.78, 5) is 10.4. The van der Waals surface area contributed by atoms with Gasteiger partial charge in [-0.25, -0.2) is 9.97 Å². The predicted octanol–water partition coefficient (Wildman–Crippen LogP) is 1.43. The highest BCUT2D eigenvalue weighted by molar-refractivity contribution is 9.10.